The van der Waals surface area contributed by atoms with E-state index in [0.717, 1.165) is 13.0 Å². The first-order valence-electron chi connectivity index (χ1n) is 5.49. The van der Waals surface area contributed by atoms with E-state index in [1.54, 1.807) is 0 Å². The molecule has 0 amide bonds. The second-order valence-electron chi connectivity index (χ2n) is 4.29. The average Bonchev–Trinajstić information content (AvgIpc) is 2.79. The molecule has 2 rings (SSSR count). The molecule has 0 aliphatic carbocycles. The molecule has 0 spiro atoms. The van der Waals surface area contributed by atoms with Crippen molar-refractivity contribution < 1.29 is 4.74 Å². The van der Waals surface area contributed by atoms with Crippen LogP contribution in [0.2, 0.25) is 0 Å². The molecule has 3 atom stereocenters. The van der Waals surface area contributed by atoms with Crippen LogP contribution in [0.5, 0.6) is 0 Å². The number of rotatable bonds is 3. The SMILES string of the molecule is CNC(c1ccnn1C)C1COC(C)C1. The van der Waals surface area contributed by atoms with Crippen LogP contribution in [0.1, 0.15) is 25.1 Å². The van der Waals surface area contributed by atoms with E-state index in [-0.39, 0.29) is 0 Å². The van der Waals surface area contributed by atoms with Gasteiger partial charge in [-0.1, -0.05) is 0 Å². The Hall–Kier alpha value is -0.870. The molecule has 1 aliphatic rings. The normalized spacial score (nSPS) is 28.2. The van der Waals surface area contributed by atoms with Crippen molar-refractivity contribution in [3.05, 3.63) is 18.0 Å². The fourth-order valence-corrected chi connectivity index (χ4v) is 2.40. The Balaban J connectivity index is 2.14. The fourth-order valence-electron chi connectivity index (χ4n) is 2.40. The molecule has 1 N–H and O–H groups in total. The molecule has 15 heavy (non-hydrogen) atoms. The lowest BCUT2D eigenvalue weighted by Crippen LogP contribution is -2.27. The number of hydrogen-bond acceptors (Lipinski definition) is 3. The highest BCUT2D eigenvalue weighted by molar-refractivity contribution is 5.08. The quantitative estimate of drug-likeness (QED) is 0.810. The Labute approximate surface area is 90.6 Å². The molecule has 1 aromatic rings. The van der Waals surface area contributed by atoms with E-state index >= 15 is 0 Å². The van der Waals surface area contributed by atoms with Crippen molar-refractivity contribution in [2.45, 2.75) is 25.5 Å². The van der Waals surface area contributed by atoms with Gasteiger partial charge in [-0.2, -0.15) is 5.10 Å². The molecule has 1 fully saturated rings. The molecule has 4 nitrogen and oxygen atoms in total. The van der Waals surface area contributed by atoms with Crippen molar-refractivity contribution in [3.8, 4) is 0 Å². The molecule has 4 heteroatoms. The largest absolute Gasteiger partial charge is 0.378 e. The minimum atomic E-state index is 0.349. The number of nitrogens with one attached hydrogen (secondary N) is 1. The van der Waals surface area contributed by atoms with Crippen LogP contribution >= 0.6 is 0 Å². The highest BCUT2D eigenvalue weighted by Crippen LogP contribution is 2.30. The zero-order valence-corrected chi connectivity index (χ0v) is 9.60. The Morgan fingerprint density at radius 3 is 2.93 bits per heavy atom. The lowest BCUT2D eigenvalue weighted by molar-refractivity contribution is 0.117. The van der Waals surface area contributed by atoms with Gasteiger partial charge in [0.15, 0.2) is 0 Å². The summed E-state index contributed by atoms with van der Waals surface area (Å²) >= 11 is 0. The van der Waals surface area contributed by atoms with Gasteiger partial charge in [0.1, 0.15) is 0 Å². The van der Waals surface area contributed by atoms with Crippen LogP contribution in [0.15, 0.2) is 12.3 Å². The Bertz CT molecular complexity index is 323. The number of ether oxygens (including phenoxy) is 1. The van der Waals surface area contributed by atoms with Gasteiger partial charge in [-0.05, 0) is 26.5 Å². The first kappa shape index (κ1) is 10.6. The molecular formula is C11H19N3O. The van der Waals surface area contributed by atoms with Crippen molar-refractivity contribution in [1.29, 1.82) is 0 Å². The van der Waals surface area contributed by atoms with Crippen molar-refractivity contribution >= 4 is 0 Å². The van der Waals surface area contributed by atoms with E-state index < -0.39 is 0 Å². The number of hydrogen-bond donors (Lipinski definition) is 1. The van der Waals surface area contributed by atoms with Crippen LogP contribution in [-0.4, -0.2) is 29.5 Å². The third kappa shape index (κ3) is 2.06. The van der Waals surface area contributed by atoms with E-state index in [1.165, 1.54) is 5.69 Å². The van der Waals surface area contributed by atoms with Crippen molar-refractivity contribution in [3.63, 3.8) is 0 Å². The maximum atomic E-state index is 5.62. The standard InChI is InChI=1S/C11H19N3O/c1-8-6-9(7-15-8)11(12-2)10-4-5-13-14(10)3/h4-5,8-9,11-12H,6-7H2,1-3H3. The summed E-state index contributed by atoms with van der Waals surface area (Å²) in [6.07, 6.45) is 3.36. The third-order valence-electron chi connectivity index (χ3n) is 3.19. The number of nitrogens with zero attached hydrogens (tertiary/aromatic N) is 2. The van der Waals surface area contributed by atoms with Crippen LogP contribution in [0.4, 0.5) is 0 Å². The van der Waals surface area contributed by atoms with Gasteiger partial charge in [0.25, 0.3) is 0 Å². The molecule has 2 heterocycles. The minimum absolute atomic E-state index is 0.349. The van der Waals surface area contributed by atoms with E-state index in [1.807, 2.05) is 25.0 Å². The second-order valence-corrected chi connectivity index (χ2v) is 4.29. The predicted molar refractivity (Wildman–Crippen MR) is 58.5 cm³/mol. The predicted octanol–water partition coefficient (Wildman–Crippen LogP) is 1.11. The molecular weight excluding hydrogens is 190 g/mol. The van der Waals surface area contributed by atoms with Crippen LogP contribution in [-0.2, 0) is 11.8 Å². The van der Waals surface area contributed by atoms with Crippen molar-refractivity contribution in [2.75, 3.05) is 13.7 Å². The maximum Gasteiger partial charge on any atom is 0.0553 e. The number of aryl methyl sites for hydroxylation is 1. The molecule has 0 radical (unpaired) electrons. The lowest BCUT2D eigenvalue weighted by atomic mass is 9.94. The fraction of sp³-hybridized carbons (Fsp3) is 0.727. The number of aromatic nitrogens is 2. The molecule has 0 bridgehead atoms. The zero-order valence-electron chi connectivity index (χ0n) is 9.60. The summed E-state index contributed by atoms with van der Waals surface area (Å²) in [7, 11) is 3.99. The van der Waals surface area contributed by atoms with Crippen LogP contribution in [0.25, 0.3) is 0 Å². The monoisotopic (exact) mass is 209 g/mol. The van der Waals surface area contributed by atoms with Gasteiger partial charge >= 0.3 is 0 Å². The molecule has 84 valence electrons. The summed E-state index contributed by atoms with van der Waals surface area (Å²) in [6.45, 7) is 2.98. The van der Waals surface area contributed by atoms with E-state index in [4.69, 9.17) is 4.74 Å². The summed E-state index contributed by atoms with van der Waals surface area (Å²) in [5, 5.41) is 7.58. The molecule has 1 saturated heterocycles. The van der Waals surface area contributed by atoms with Gasteiger partial charge in [0.2, 0.25) is 0 Å². The van der Waals surface area contributed by atoms with Gasteiger partial charge in [-0.25, -0.2) is 0 Å². The van der Waals surface area contributed by atoms with E-state index in [9.17, 15) is 0 Å². The van der Waals surface area contributed by atoms with E-state index in [0.29, 0.717) is 18.1 Å². The Morgan fingerprint density at radius 2 is 2.47 bits per heavy atom. The first-order valence-corrected chi connectivity index (χ1v) is 5.49. The summed E-state index contributed by atoms with van der Waals surface area (Å²) in [5.74, 6) is 0.556. The van der Waals surface area contributed by atoms with Crippen molar-refractivity contribution in [1.82, 2.24) is 15.1 Å². The maximum absolute atomic E-state index is 5.62. The summed E-state index contributed by atoms with van der Waals surface area (Å²) in [4.78, 5) is 0. The van der Waals surface area contributed by atoms with Gasteiger partial charge in [-0.15, -0.1) is 0 Å². The van der Waals surface area contributed by atoms with Gasteiger partial charge < -0.3 is 10.1 Å². The Morgan fingerprint density at radius 1 is 1.67 bits per heavy atom. The van der Waals surface area contributed by atoms with Gasteiger partial charge in [-0.3, -0.25) is 4.68 Å². The Kier molecular flexibility index (Phi) is 3.07. The highest BCUT2D eigenvalue weighted by Gasteiger charge is 2.30. The minimum Gasteiger partial charge on any atom is -0.378 e. The summed E-state index contributed by atoms with van der Waals surface area (Å²) < 4.78 is 7.55. The second kappa shape index (κ2) is 4.33. The van der Waals surface area contributed by atoms with E-state index in [2.05, 4.69) is 23.4 Å². The zero-order chi connectivity index (χ0) is 10.8. The molecule has 1 aromatic heterocycles. The van der Waals surface area contributed by atoms with Crippen LogP contribution < -0.4 is 5.32 Å². The first-order chi connectivity index (χ1) is 7.22. The summed E-state index contributed by atoms with van der Waals surface area (Å²) in [5.41, 5.74) is 1.24. The summed E-state index contributed by atoms with van der Waals surface area (Å²) in [6, 6.07) is 2.42. The third-order valence-corrected chi connectivity index (χ3v) is 3.19. The average molecular weight is 209 g/mol. The van der Waals surface area contributed by atoms with Gasteiger partial charge in [0, 0.05) is 19.2 Å². The molecule has 3 unspecified atom stereocenters. The van der Waals surface area contributed by atoms with Gasteiger partial charge in [0.05, 0.1) is 24.4 Å². The smallest absolute Gasteiger partial charge is 0.0553 e. The molecule has 1 aliphatic heterocycles. The molecule has 0 saturated carbocycles. The van der Waals surface area contributed by atoms with Crippen molar-refractivity contribution in [2.24, 2.45) is 13.0 Å². The highest BCUT2D eigenvalue weighted by atomic mass is 16.5. The molecule has 0 aromatic carbocycles. The van der Waals surface area contributed by atoms with Crippen LogP contribution in [0, 0.1) is 5.92 Å². The topological polar surface area (TPSA) is 39.1 Å². The van der Waals surface area contributed by atoms with Crippen LogP contribution in [0.3, 0.4) is 0 Å². The lowest BCUT2D eigenvalue weighted by Gasteiger charge is -2.22.